The summed E-state index contributed by atoms with van der Waals surface area (Å²) in [4.78, 5) is 20.2. The first kappa shape index (κ1) is 33.5. The maximum Gasteiger partial charge on any atom is 0.416 e. The molecule has 0 saturated carbocycles. The molecule has 2 aromatic carbocycles. The van der Waals surface area contributed by atoms with Gasteiger partial charge in [-0.1, -0.05) is 31.5 Å². The number of methoxy groups -OCH3 is 1. The fourth-order valence-electron chi connectivity index (χ4n) is 8.22. The van der Waals surface area contributed by atoms with Crippen molar-refractivity contribution in [3.8, 4) is 11.8 Å². The molecule has 2 aromatic rings. The molecule has 0 spiro atoms. The number of alkyl halides is 4. The highest BCUT2D eigenvalue weighted by molar-refractivity contribution is 5.88. The predicted molar refractivity (Wildman–Crippen MR) is 170 cm³/mol. The largest absolute Gasteiger partial charge is 0.497 e. The first-order valence-corrected chi connectivity index (χ1v) is 16.9. The molecule has 6 rings (SSSR count). The van der Waals surface area contributed by atoms with Crippen molar-refractivity contribution >= 4 is 11.6 Å². The average molecular weight is 657 g/mol. The van der Waals surface area contributed by atoms with E-state index >= 15 is 4.39 Å². The van der Waals surface area contributed by atoms with Crippen LogP contribution in [0.3, 0.4) is 0 Å². The minimum absolute atomic E-state index is 0.00940. The monoisotopic (exact) mass is 656 g/mol. The second-order valence-corrected chi connectivity index (χ2v) is 13.6. The third-order valence-electron chi connectivity index (χ3n) is 11.0. The third kappa shape index (κ3) is 6.68. The van der Waals surface area contributed by atoms with E-state index in [2.05, 4.69) is 11.0 Å². The Labute approximate surface area is 274 Å². The van der Waals surface area contributed by atoms with Crippen LogP contribution in [0.1, 0.15) is 67.6 Å². The number of carbonyl (C=O) groups excluding carboxylic acids is 1. The fourth-order valence-corrected chi connectivity index (χ4v) is 8.22. The molecule has 4 atom stereocenters. The van der Waals surface area contributed by atoms with Gasteiger partial charge in [-0.2, -0.15) is 18.4 Å². The van der Waals surface area contributed by atoms with Crippen LogP contribution in [-0.4, -0.2) is 87.0 Å². The van der Waals surface area contributed by atoms with Gasteiger partial charge < -0.3 is 19.3 Å². The summed E-state index contributed by atoms with van der Waals surface area (Å²) in [5.74, 6) is -0.965. The Bertz CT molecular complexity index is 1450. The summed E-state index contributed by atoms with van der Waals surface area (Å²) in [6, 6.07) is 13.6. The molecule has 7 nitrogen and oxygen atoms in total. The Balaban J connectivity index is 1.30. The Morgan fingerprint density at radius 1 is 1.04 bits per heavy atom. The van der Waals surface area contributed by atoms with Crippen molar-refractivity contribution in [2.45, 2.75) is 68.8 Å². The van der Waals surface area contributed by atoms with Gasteiger partial charge in [-0.05, 0) is 67.0 Å². The van der Waals surface area contributed by atoms with Crippen molar-refractivity contribution in [1.29, 1.82) is 5.26 Å². The number of ether oxygens (including phenoxy) is 2. The van der Waals surface area contributed by atoms with E-state index in [1.165, 1.54) is 6.07 Å². The fraction of sp³-hybridized carbons (Fsp3) is 0.611. The Morgan fingerprint density at radius 3 is 2.36 bits per heavy atom. The predicted octanol–water partition coefficient (Wildman–Crippen LogP) is 6.39. The van der Waals surface area contributed by atoms with E-state index in [4.69, 9.17) is 9.47 Å². The number of hydrogen-bond donors (Lipinski definition) is 0. The summed E-state index contributed by atoms with van der Waals surface area (Å²) in [6.45, 7) is 5.18. The van der Waals surface area contributed by atoms with Crippen LogP contribution < -0.4 is 9.64 Å². The number of likely N-dealkylation sites (tertiary alicyclic amines) is 2. The van der Waals surface area contributed by atoms with Gasteiger partial charge in [0.15, 0.2) is 0 Å². The van der Waals surface area contributed by atoms with Crippen LogP contribution in [0.2, 0.25) is 0 Å². The van der Waals surface area contributed by atoms with Crippen molar-refractivity contribution in [3.63, 3.8) is 0 Å². The number of hydrogen-bond acceptors (Lipinski definition) is 6. The van der Waals surface area contributed by atoms with Crippen LogP contribution in [0.4, 0.5) is 23.2 Å². The van der Waals surface area contributed by atoms with E-state index in [0.717, 1.165) is 30.0 Å². The summed E-state index contributed by atoms with van der Waals surface area (Å²) in [6.07, 6.45) is -1.08. The molecule has 0 radical (unpaired) electrons. The number of carbonyl (C=O) groups is 1. The van der Waals surface area contributed by atoms with E-state index in [9.17, 15) is 23.2 Å². The molecule has 4 fully saturated rings. The molecule has 11 heteroatoms. The summed E-state index contributed by atoms with van der Waals surface area (Å²) < 4.78 is 70.2. The van der Waals surface area contributed by atoms with E-state index in [1.54, 1.807) is 30.2 Å². The smallest absolute Gasteiger partial charge is 0.416 e. The lowest BCUT2D eigenvalue weighted by molar-refractivity contribution is -0.143. The zero-order valence-electron chi connectivity index (χ0n) is 27.1. The Hall–Kier alpha value is -3.36. The molecule has 0 aromatic heterocycles. The number of nitriles is 1. The zero-order valence-corrected chi connectivity index (χ0v) is 27.1. The number of benzene rings is 2. The topological polar surface area (TPSA) is 69.0 Å². The highest BCUT2D eigenvalue weighted by atomic mass is 19.4. The van der Waals surface area contributed by atoms with Crippen LogP contribution in [0, 0.1) is 23.2 Å². The summed E-state index contributed by atoms with van der Waals surface area (Å²) >= 11 is 0. The average Bonchev–Trinajstić information content (AvgIpc) is 3.70. The number of halogens is 4. The molecule has 0 unspecified atom stereocenters. The van der Waals surface area contributed by atoms with Gasteiger partial charge in [0, 0.05) is 82.0 Å². The van der Waals surface area contributed by atoms with Gasteiger partial charge in [0.2, 0.25) is 5.67 Å². The first-order chi connectivity index (χ1) is 22.5. The van der Waals surface area contributed by atoms with Gasteiger partial charge in [-0.3, -0.25) is 9.69 Å². The van der Waals surface area contributed by atoms with Gasteiger partial charge in [0.25, 0.3) is 5.91 Å². The molecule has 0 aliphatic carbocycles. The van der Waals surface area contributed by atoms with Gasteiger partial charge in [-0.25, -0.2) is 4.39 Å². The van der Waals surface area contributed by atoms with Crippen LogP contribution >= 0.6 is 0 Å². The summed E-state index contributed by atoms with van der Waals surface area (Å²) in [5.41, 5.74) is -0.883. The summed E-state index contributed by atoms with van der Waals surface area (Å²) in [5, 5.41) is 9.39. The molecule has 4 saturated heterocycles. The number of anilines is 1. The molecule has 4 heterocycles. The Kier molecular flexibility index (Phi) is 9.73. The normalized spacial score (nSPS) is 28.1. The minimum atomic E-state index is -4.50. The number of piperidine rings is 1. The van der Waals surface area contributed by atoms with Crippen molar-refractivity contribution in [1.82, 2.24) is 9.80 Å². The SMILES string of the molecule is CC[C@H]1CN(C(=O)[C@]2(F)CN(C3CCOCC3)C[C@H]2c2ccc(OC)cc2)C[C@@H]1c1ccc(C(F)(F)F)cc1N1CCC(C#N)CC1. The lowest BCUT2D eigenvalue weighted by atomic mass is 9.85. The number of rotatable bonds is 7. The van der Waals surface area contributed by atoms with Gasteiger partial charge in [0.1, 0.15) is 5.75 Å². The number of nitrogens with zero attached hydrogens (tertiary/aromatic N) is 4. The van der Waals surface area contributed by atoms with Crippen LogP contribution in [-0.2, 0) is 15.7 Å². The van der Waals surface area contributed by atoms with Crippen molar-refractivity contribution in [3.05, 3.63) is 59.2 Å². The molecule has 4 aliphatic rings. The van der Waals surface area contributed by atoms with Gasteiger partial charge in [0.05, 0.1) is 18.7 Å². The zero-order chi connectivity index (χ0) is 33.3. The van der Waals surface area contributed by atoms with Gasteiger partial charge >= 0.3 is 6.18 Å². The van der Waals surface area contributed by atoms with E-state index in [-0.39, 0.29) is 36.9 Å². The highest BCUT2D eigenvalue weighted by Gasteiger charge is 2.57. The third-order valence-corrected chi connectivity index (χ3v) is 11.0. The van der Waals surface area contributed by atoms with Crippen LogP contribution in [0.5, 0.6) is 5.75 Å². The molecule has 47 heavy (non-hydrogen) atoms. The lowest BCUT2D eigenvalue weighted by Crippen LogP contribution is -2.50. The molecular formula is C36H44F4N4O3. The first-order valence-electron chi connectivity index (χ1n) is 16.9. The second kappa shape index (κ2) is 13.6. The quantitative estimate of drug-likeness (QED) is 0.322. The molecule has 1 amide bonds. The van der Waals surface area contributed by atoms with Crippen LogP contribution in [0.25, 0.3) is 0 Å². The lowest BCUT2D eigenvalue weighted by Gasteiger charge is -2.35. The maximum absolute atomic E-state index is 17.6. The molecule has 4 aliphatic heterocycles. The summed E-state index contributed by atoms with van der Waals surface area (Å²) in [7, 11) is 1.57. The van der Waals surface area contributed by atoms with E-state index in [1.807, 2.05) is 24.0 Å². The van der Waals surface area contributed by atoms with Crippen LogP contribution in [0.15, 0.2) is 42.5 Å². The standard InChI is InChI=1S/C36H44F4N4O3/c1-3-25-20-43(21-31(25)30-9-6-27(36(38,39)40)18-33(30)42-14-10-24(19-41)11-15-42)34(45)35(37)23-44(28-12-16-47-17-13-28)22-32(35)26-4-7-29(46-2)8-5-26/h4-9,18,24-25,28,31-32H,3,10-17,20-23H2,1-2H3/t25-,31-,32-,35-/m0/s1. The van der Waals surface area contributed by atoms with E-state index in [0.29, 0.717) is 70.1 Å². The molecule has 0 N–H and O–H groups in total. The van der Waals surface area contributed by atoms with Crippen molar-refractivity contribution < 1.29 is 31.8 Å². The Morgan fingerprint density at radius 2 is 1.74 bits per heavy atom. The second-order valence-electron chi connectivity index (χ2n) is 13.6. The molecular weight excluding hydrogens is 612 g/mol. The van der Waals surface area contributed by atoms with E-state index < -0.39 is 29.2 Å². The van der Waals surface area contributed by atoms with Crippen molar-refractivity contribution in [2.75, 3.05) is 64.5 Å². The number of amides is 1. The maximum atomic E-state index is 17.6. The minimum Gasteiger partial charge on any atom is -0.497 e. The molecule has 0 bridgehead atoms. The van der Waals surface area contributed by atoms with Crippen molar-refractivity contribution in [2.24, 2.45) is 11.8 Å². The highest BCUT2D eigenvalue weighted by Crippen LogP contribution is 2.47. The molecule has 254 valence electrons. The van der Waals surface area contributed by atoms with Gasteiger partial charge in [-0.15, -0.1) is 0 Å².